The zero-order valence-corrected chi connectivity index (χ0v) is 15.8. The molecule has 0 spiro atoms. The molecule has 132 valence electrons. The first kappa shape index (κ1) is 16.7. The number of thiazole rings is 1. The highest BCUT2D eigenvalue weighted by Crippen LogP contribution is 2.32. The molecule has 0 atom stereocenters. The van der Waals surface area contributed by atoms with Crippen molar-refractivity contribution in [2.24, 2.45) is 5.92 Å². The molecule has 7 heteroatoms. The second kappa shape index (κ2) is 6.88. The number of likely N-dealkylation sites (tertiary alicyclic amines) is 1. The predicted octanol–water partition coefficient (Wildman–Crippen LogP) is 3.31. The Balaban J connectivity index is 1.38. The number of nitrogens with zero attached hydrogens (tertiary/aromatic N) is 2. The predicted molar refractivity (Wildman–Crippen MR) is 100.0 cm³/mol. The molecule has 0 aromatic carbocycles. The van der Waals surface area contributed by atoms with E-state index >= 15 is 0 Å². The van der Waals surface area contributed by atoms with E-state index in [9.17, 15) is 9.59 Å². The van der Waals surface area contributed by atoms with Crippen LogP contribution in [0.4, 0.5) is 0 Å². The van der Waals surface area contributed by atoms with Gasteiger partial charge in [-0.3, -0.25) is 9.59 Å². The van der Waals surface area contributed by atoms with Crippen molar-refractivity contribution in [2.75, 3.05) is 13.1 Å². The van der Waals surface area contributed by atoms with Crippen molar-refractivity contribution in [3.05, 3.63) is 28.1 Å². The van der Waals surface area contributed by atoms with E-state index in [-0.39, 0.29) is 23.8 Å². The van der Waals surface area contributed by atoms with Crippen molar-refractivity contribution in [1.82, 2.24) is 15.2 Å². The molecule has 5 nitrogen and oxygen atoms in total. The first-order valence-electron chi connectivity index (χ1n) is 8.73. The van der Waals surface area contributed by atoms with Gasteiger partial charge >= 0.3 is 0 Å². The van der Waals surface area contributed by atoms with Crippen LogP contribution in [0.15, 0.2) is 17.5 Å². The molecule has 4 rings (SSSR count). The summed E-state index contributed by atoms with van der Waals surface area (Å²) in [7, 11) is 0. The molecule has 1 aliphatic carbocycles. The fourth-order valence-corrected chi connectivity index (χ4v) is 4.97. The van der Waals surface area contributed by atoms with Gasteiger partial charge in [-0.05, 0) is 44.1 Å². The zero-order valence-electron chi connectivity index (χ0n) is 14.2. The average Bonchev–Trinajstić information content (AvgIpc) is 3.18. The van der Waals surface area contributed by atoms with Crippen LogP contribution < -0.4 is 5.32 Å². The first-order valence-corrected chi connectivity index (χ1v) is 10.4. The molecule has 2 aromatic heterocycles. The quantitative estimate of drug-likeness (QED) is 0.892. The maximum atomic E-state index is 12.9. The highest BCUT2D eigenvalue weighted by molar-refractivity contribution is 7.22. The van der Waals surface area contributed by atoms with E-state index in [0.717, 1.165) is 46.1 Å². The van der Waals surface area contributed by atoms with Gasteiger partial charge in [-0.2, -0.15) is 0 Å². The number of carbonyl (C=O) groups excluding carboxylic acids is 2. The number of amides is 2. The van der Waals surface area contributed by atoms with Crippen molar-refractivity contribution in [3.8, 4) is 9.88 Å². The Morgan fingerprint density at radius 3 is 2.64 bits per heavy atom. The van der Waals surface area contributed by atoms with Crippen LogP contribution in [0.1, 0.15) is 41.0 Å². The lowest BCUT2D eigenvalue weighted by molar-refractivity contribution is -0.123. The minimum atomic E-state index is 0.0739. The largest absolute Gasteiger partial charge is 0.353 e. The molecule has 1 aliphatic heterocycles. The second-order valence-corrected chi connectivity index (χ2v) is 8.71. The highest BCUT2D eigenvalue weighted by Gasteiger charge is 2.32. The smallest absolute Gasteiger partial charge is 0.265 e. The van der Waals surface area contributed by atoms with Crippen LogP contribution in [0.3, 0.4) is 0 Å². The number of rotatable bonds is 4. The molecule has 2 fully saturated rings. The molecule has 3 heterocycles. The van der Waals surface area contributed by atoms with Gasteiger partial charge in [-0.1, -0.05) is 6.07 Å². The number of aryl methyl sites for hydroxylation is 1. The summed E-state index contributed by atoms with van der Waals surface area (Å²) in [5.74, 6) is 0.517. The van der Waals surface area contributed by atoms with Gasteiger partial charge in [0.2, 0.25) is 5.91 Å². The lowest BCUT2D eigenvalue weighted by Crippen LogP contribution is -2.46. The third-order valence-electron chi connectivity index (χ3n) is 4.80. The van der Waals surface area contributed by atoms with Crippen LogP contribution in [0.5, 0.6) is 0 Å². The molecule has 0 radical (unpaired) electrons. The van der Waals surface area contributed by atoms with E-state index in [1.54, 1.807) is 11.3 Å². The number of hydrogen-bond acceptors (Lipinski definition) is 5. The summed E-state index contributed by atoms with van der Waals surface area (Å²) in [5, 5.41) is 6.07. The maximum Gasteiger partial charge on any atom is 0.265 e. The fourth-order valence-electron chi connectivity index (χ4n) is 3.14. The highest BCUT2D eigenvalue weighted by atomic mass is 32.1. The van der Waals surface area contributed by atoms with E-state index in [1.807, 2.05) is 29.3 Å². The number of aromatic nitrogens is 1. The zero-order chi connectivity index (χ0) is 17.4. The van der Waals surface area contributed by atoms with Gasteiger partial charge in [-0.25, -0.2) is 4.98 Å². The van der Waals surface area contributed by atoms with Crippen LogP contribution in [-0.4, -0.2) is 40.8 Å². The van der Waals surface area contributed by atoms with Gasteiger partial charge in [0.15, 0.2) is 0 Å². The molecule has 2 aromatic rings. The Bertz CT molecular complexity index is 772. The summed E-state index contributed by atoms with van der Waals surface area (Å²) in [6.45, 7) is 3.30. The minimum Gasteiger partial charge on any atom is -0.353 e. The summed E-state index contributed by atoms with van der Waals surface area (Å²) in [5.41, 5.74) is 0.808. The van der Waals surface area contributed by atoms with Crippen LogP contribution in [0.2, 0.25) is 0 Å². The Morgan fingerprint density at radius 1 is 1.24 bits per heavy atom. The molecule has 1 saturated carbocycles. The van der Waals surface area contributed by atoms with Gasteiger partial charge in [0.25, 0.3) is 5.91 Å². The number of carbonyl (C=O) groups is 2. The van der Waals surface area contributed by atoms with Gasteiger partial charge in [0.1, 0.15) is 9.88 Å². The topological polar surface area (TPSA) is 62.3 Å². The van der Waals surface area contributed by atoms with Gasteiger partial charge in [-0.15, -0.1) is 22.7 Å². The lowest BCUT2D eigenvalue weighted by atomic mass is 10.0. The third-order valence-corrected chi connectivity index (χ3v) is 6.98. The van der Waals surface area contributed by atoms with E-state index in [0.29, 0.717) is 13.1 Å². The summed E-state index contributed by atoms with van der Waals surface area (Å²) >= 11 is 3.12. The third kappa shape index (κ3) is 3.62. The van der Waals surface area contributed by atoms with E-state index in [2.05, 4.69) is 10.3 Å². The Kier molecular flexibility index (Phi) is 4.60. The minimum absolute atomic E-state index is 0.0739. The molecule has 0 unspecified atom stereocenters. The summed E-state index contributed by atoms with van der Waals surface area (Å²) in [4.78, 5) is 33.1. The fraction of sp³-hybridized carbons (Fsp3) is 0.500. The van der Waals surface area contributed by atoms with E-state index in [4.69, 9.17) is 0 Å². The first-order chi connectivity index (χ1) is 12.1. The molecule has 1 N–H and O–H groups in total. The maximum absolute atomic E-state index is 12.9. The van der Waals surface area contributed by atoms with Crippen LogP contribution >= 0.6 is 22.7 Å². The Labute approximate surface area is 155 Å². The Morgan fingerprint density at radius 2 is 2.00 bits per heavy atom. The number of piperidine rings is 1. The van der Waals surface area contributed by atoms with E-state index < -0.39 is 0 Å². The average molecular weight is 376 g/mol. The second-order valence-electron chi connectivity index (χ2n) is 6.76. The molecule has 1 saturated heterocycles. The normalized spacial score (nSPS) is 18.4. The van der Waals surface area contributed by atoms with Crippen LogP contribution in [-0.2, 0) is 4.79 Å². The molecule has 2 amide bonds. The van der Waals surface area contributed by atoms with Crippen molar-refractivity contribution < 1.29 is 9.59 Å². The number of thiophene rings is 1. The molecule has 25 heavy (non-hydrogen) atoms. The van der Waals surface area contributed by atoms with Crippen LogP contribution in [0, 0.1) is 12.8 Å². The monoisotopic (exact) mass is 375 g/mol. The van der Waals surface area contributed by atoms with Gasteiger partial charge < -0.3 is 10.2 Å². The molecule has 2 aliphatic rings. The Hall–Kier alpha value is -1.73. The summed E-state index contributed by atoms with van der Waals surface area (Å²) in [6.07, 6.45) is 3.72. The van der Waals surface area contributed by atoms with Crippen molar-refractivity contribution in [3.63, 3.8) is 0 Å². The van der Waals surface area contributed by atoms with E-state index in [1.165, 1.54) is 11.3 Å². The molecular weight excluding hydrogens is 354 g/mol. The van der Waals surface area contributed by atoms with Crippen molar-refractivity contribution in [2.45, 2.75) is 38.6 Å². The van der Waals surface area contributed by atoms with Gasteiger partial charge in [0, 0.05) is 25.0 Å². The number of hydrogen-bond donors (Lipinski definition) is 1. The van der Waals surface area contributed by atoms with Gasteiger partial charge in [0.05, 0.1) is 10.6 Å². The lowest BCUT2D eigenvalue weighted by Gasteiger charge is -2.32. The SMILES string of the molecule is Cc1nc(-c2cccs2)sc1C(=O)N1CCC(NC(=O)C2CC2)CC1. The molecule has 0 bridgehead atoms. The van der Waals surface area contributed by atoms with Crippen molar-refractivity contribution >= 4 is 34.5 Å². The van der Waals surface area contributed by atoms with Crippen molar-refractivity contribution in [1.29, 1.82) is 0 Å². The summed E-state index contributed by atoms with van der Waals surface area (Å²) in [6, 6.07) is 4.24. The molecular formula is C18H21N3O2S2. The number of nitrogens with one attached hydrogen (secondary N) is 1. The standard InChI is InChI=1S/C18H21N3O2S2/c1-11-15(25-17(19-11)14-3-2-10-24-14)18(23)21-8-6-13(7-9-21)20-16(22)12-4-5-12/h2-3,10,12-13H,4-9H2,1H3,(H,20,22). The van der Waals surface area contributed by atoms with Crippen LogP contribution in [0.25, 0.3) is 9.88 Å². The summed E-state index contributed by atoms with van der Waals surface area (Å²) < 4.78 is 0.